The zero-order valence-corrected chi connectivity index (χ0v) is 27.5. The molecule has 0 saturated heterocycles. The number of benzene rings is 8. The summed E-state index contributed by atoms with van der Waals surface area (Å²) in [6.45, 7) is 0. The van der Waals surface area contributed by atoms with E-state index in [1.807, 2.05) is 30.3 Å². The Balaban J connectivity index is 1.30. The summed E-state index contributed by atoms with van der Waals surface area (Å²) in [4.78, 5) is 16.0. The van der Waals surface area contributed by atoms with Crippen LogP contribution in [0.4, 0.5) is 0 Å². The molecule has 0 spiro atoms. The van der Waals surface area contributed by atoms with Gasteiger partial charge in [-0.3, -0.25) is 0 Å². The SMILES string of the molecule is c1ccc(-c2ccc3ccccc3c2-c2nc(-c3ccccc3-c3cccc4ccccc34)nc(-c3cccc4c3oc3ccccc34)n2)cc1. The smallest absolute Gasteiger partial charge is 0.167 e. The average molecular weight is 652 g/mol. The molecule has 0 fully saturated rings. The second-order valence-electron chi connectivity index (χ2n) is 12.7. The number of furan rings is 1. The standard InChI is InChI=1S/C47H29N3O/c1-2-14-31(15-3-1)35-29-28-32-17-5-7-20-34(32)43(35)47-49-45(40-23-9-8-21-37(40)36-24-12-18-30-16-4-6-19-33(30)36)48-46(50-47)41-26-13-25-39-38-22-10-11-27-42(38)51-44(39)41/h1-29H. The summed E-state index contributed by atoms with van der Waals surface area (Å²) in [7, 11) is 0. The molecular formula is C47H29N3O. The van der Waals surface area contributed by atoms with Crippen LogP contribution in [0.25, 0.3) is 99.9 Å². The van der Waals surface area contributed by atoms with Crippen molar-refractivity contribution < 1.29 is 4.42 Å². The zero-order valence-electron chi connectivity index (χ0n) is 27.5. The Morgan fingerprint density at radius 2 is 0.863 bits per heavy atom. The minimum absolute atomic E-state index is 0.555. The Morgan fingerprint density at radius 3 is 1.71 bits per heavy atom. The Bertz CT molecular complexity index is 2920. The third-order valence-electron chi connectivity index (χ3n) is 9.77. The second-order valence-corrected chi connectivity index (χ2v) is 12.7. The summed E-state index contributed by atoms with van der Waals surface area (Å²) in [5.74, 6) is 1.75. The topological polar surface area (TPSA) is 51.8 Å². The molecule has 0 bridgehead atoms. The highest BCUT2D eigenvalue weighted by atomic mass is 16.3. The van der Waals surface area contributed by atoms with Crippen molar-refractivity contribution in [1.29, 1.82) is 0 Å². The van der Waals surface area contributed by atoms with Gasteiger partial charge in [0, 0.05) is 21.9 Å². The molecule has 8 aromatic carbocycles. The lowest BCUT2D eigenvalue weighted by Gasteiger charge is -2.16. The van der Waals surface area contributed by atoms with Gasteiger partial charge in [0.2, 0.25) is 0 Å². The van der Waals surface area contributed by atoms with E-state index >= 15 is 0 Å². The van der Waals surface area contributed by atoms with Gasteiger partial charge in [0.1, 0.15) is 11.2 Å². The molecule has 0 N–H and O–H groups in total. The second kappa shape index (κ2) is 11.9. The molecule has 10 aromatic rings. The van der Waals surface area contributed by atoms with Crippen LogP contribution >= 0.6 is 0 Å². The van der Waals surface area contributed by atoms with E-state index in [1.165, 1.54) is 10.8 Å². The van der Waals surface area contributed by atoms with E-state index in [9.17, 15) is 0 Å². The number of fused-ring (bicyclic) bond motifs is 5. The van der Waals surface area contributed by atoms with Crippen molar-refractivity contribution in [3.8, 4) is 56.4 Å². The molecule has 0 amide bonds. The number of para-hydroxylation sites is 2. The van der Waals surface area contributed by atoms with Crippen LogP contribution < -0.4 is 0 Å². The maximum atomic E-state index is 6.53. The molecule has 0 unspecified atom stereocenters. The highest BCUT2D eigenvalue weighted by Crippen LogP contribution is 2.41. The van der Waals surface area contributed by atoms with Gasteiger partial charge in [-0.1, -0.05) is 164 Å². The first-order chi connectivity index (χ1) is 25.3. The van der Waals surface area contributed by atoms with E-state index in [-0.39, 0.29) is 0 Å². The van der Waals surface area contributed by atoms with Gasteiger partial charge in [-0.2, -0.15) is 0 Å². The van der Waals surface area contributed by atoms with Crippen LogP contribution in [-0.2, 0) is 0 Å². The Labute approximate surface area is 294 Å². The minimum atomic E-state index is 0.555. The number of nitrogens with zero attached hydrogens (tertiary/aromatic N) is 3. The van der Waals surface area contributed by atoms with Crippen molar-refractivity contribution in [2.24, 2.45) is 0 Å². The largest absolute Gasteiger partial charge is 0.455 e. The van der Waals surface area contributed by atoms with E-state index < -0.39 is 0 Å². The first-order valence-corrected chi connectivity index (χ1v) is 17.1. The maximum Gasteiger partial charge on any atom is 0.167 e. The van der Waals surface area contributed by atoms with Gasteiger partial charge in [0.05, 0.1) is 5.56 Å². The Kier molecular flexibility index (Phi) is 6.78. The molecular weight excluding hydrogens is 623 g/mol. The predicted molar refractivity (Wildman–Crippen MR) is 209 cm³/mol. The fourth-order valence-electron chi connectivity index (χ4n) is 7.40. The van der Waals surface area contributed by atoms with Crippen molar-refractivity contribution in [3.05, 3.63) is 176 Å². The summed E-state index contributed by atoms with van der Waals surface area (Å²) in [6, 6.07) is 61.0. The third-order valence-corrected chi connectivity index (χ3v) is 9.77. The molecule has 51 heavy (non-hydrogen) atoms. The molecule has 4 nitrogen and oxygen atoms in total. The zero-order chi connectivity index (χ0) is 33.7. The number of aromatic nitrogens is 3. The van der Waals surface area contributed by atoms with Crippen LogP contribution in [0.3, 0.4) is 0 Å². The summed E-state index contributed by atoms with van der Waals surface area (Å²) < 4.78 is 6.53. The van der Waals surface area contributed by atoms with E-state index in [0.29, 0.717) is 17.5 Å². The molecule has 238 valence electrons. The number of rotatable bonds is 5. The van der Waals surface area contributed by atoms with Crippen LogP contribution in [-0.4, -0.2) is 15.0 Å². The van der Waals surface area contributed by atoms with E-state index in [2.05, 4.69) is 146 Å². The van der Waals surface area contributed by atoms with Crippen LogP contribution in [0.5, 0.6) is 0 Å². The summed E-state index contributed by atoms with van der Waals surface area (Å²) in [5, 5.41) is 6.64. The molecule has 0 aliphatic rings. The van der Waals surface area contributed by atoms with Crippen LogP contribution in [0, 0.1) is 0 Å². The first-order valence-electron chi connectivity index (χ1n) is 17.1. The first kappa shape index (κ1) is 29.0. The lowest BCUT2D eigenvalue weighted by molar-refractivity contribution is 0.669. The summed E-state index contributed by atoms with van der Waals surface area (Å²) in [5.41, 5.74) is 8.63. The number of hydrogen-bond donors (Lipinski definition) is 0. The molecule has 0 atom stereocenters. The Morgan fingerprint density at radius 1 is 0.314 bits per heavy atom. The maximum absolute atomic E-state index is 6.53. The molecule has 2 heterocycles. The van der Waals surface area contributed by atoms with Crippen LogP contribution in [0.15, 0.2) is 180 Å². The molecule has 4 heteroatoms. The molecule has 10 rings (SSSR count). The van der Waals surface area contributed by atoms with Crippen molar-refractivity contribution in [3.63, 3.8) is 0 Å². The lowest BCUT2D eigenvalue weighted by Crippen LogP contribution is -2.02. The van der Waals surface area contributed by atoms with Gasteiger partial charge in [0.25, 0.3) is 0 Å². The fourth-order valence-corrected chi connectivity index (χ4v) is 7.40. The van der Waals surface area contributed by atoms with Gasteiger partial charge in [-0.25, -0.2) is 15.0 Å². The average Bonchev–Trinajstić information content (AvgIpc) is 3.59. The highest BCUT2D eigenvalue weighted by molar-refractivity contribution is 6.09. The van der Waals surface area contributed by atoms with E-state index in [1.54, 1.807) is 0 Å². The Hall–Kier alpha value is -6.91. The van der Waals surface area contributed by atoms with E-state index in [4.69, 9.17) is 19.4 Å². The van der Waals surface area contributed by atoms with Crippen molar-refractivity contribution >= 4 is 43.5 Å². The van der Waals surface area contributed by atoms with Gasteiger partial charge in [0.15, 0.2) is 17.5 Å². The molecule has 0 aliphatic heterocycles. The van der Waals surface area contributed by atoms with Gasteiger partial charge in [-0.15, -0.1) is 0 Å². The summed E-state index contributed by atoms with van der Waals surface area (Å²) >= 11 is 0. The fraction of sp³-hybridized carbons (Fsp3) is 0. The normalized spacial score (nSPS) is 11.5. The highest BCUT2D eigenvalue weighted by Gasteiger charge is 2.22. The molecule has 0 aliphatic carbocycles. The summed E-state index contributed by atoms with van der Waals surface area (Å²) in [6.07, 6.45) is 0. The minimum Gasteiger partial charge on any atom is -0.455 e. The van der Waals surface area contributed by atoms with Crippen LogP contribution in [0.1, 0.15) is 0 Å². The van der Waals surface area contributed by atoms with Gasteiger partial charge < -0.3 is 4.42 Å². The van der Waals surface area contributed by atoms with Crippen molar-refractivity contribution in [2.45, 2.75) is 0 Å². The molecule has 0 radical (unpaired) electrons. The number of hydrogen-bond acceptors (Lipinski definition) is 4. The van der Waals surface area contributed by atoms with Gasteiger partial charge in [-0.05, 0) is 55.9 Å². The van der Waals surface area contributed by atoms with Crippen molar-refractivity contribution in [1.82, 2.24) is 15.0 Å². The lowest BCUT2D eigenvalue weighted by atomic mass is 9.93. The van der Waals surface area contributed by atoms with E-state index in [0.717, 1.165) is 71.7 Å². The molecule has 0 saturated carbocycles. The quantitative estimate of drug-likeness (QED) is 0.186. The predicted octanol–water partition coefficient (Wildman–Crippen LogP) is 12.4. The van der Waals surface area contributed by atoms with Crippen molar-refractivity contribution in [2.75, 3.05) is 0 Å². The monoisotopic (exact) mass is 651 g/mol. The van der Waals surface area contributed by atoms with Gasteiger partial charge >= 0.3 is 0 Å². The van der Waals surface area contributed by atoms with Crippen LogP contribution in [0.2, 0.25) is 0 Å². The third kappa shape index (κ3) is 4.88. The molecule has 2 aromatic heterocycles.